The van der Waals surface area contributed by atoms with Crippen LogP contribution in [0, 0.1) is 11.3 Å². The maximum absolute atomic E-state index is 8.66. The SMILES string of the molecule is CC1(C)COCCN1c1cnc(C#N)cn1. The lowest BCUT2D eigenvalue weighted by atomic mass is 10.0. The van der Waals surface area contributed by atoms with E-state index in [2.05, 4.69) is 28.7 Å². The third kappa shape index (κ3) is 1.97. The predicted octanol–water partition coefficient (Wildman–Crippen LogP) is 0.963. The van der Waals surface area contributed by atoms with Crippen molar-refractivity contribution in [3.8, 4) is 6.07 Å². The molecule has 0 unspecified atom stereocenters. The molecule has 0 aliphatic carbocycles. The summed E-state index contributed by atoms with van der Waals surface area (Å²) in [6, 6.07) is 1.96. The molecule has 0 N–H and O–H groups in total. The summed E-state index contributed by atoms with van der Waals surface area (Å²) < 4.78 is 5.44. The highest BCUT2D eigenvalue weighted by Crippen LogP contribution is 2.24. The third-order valence-electron chi connectivity index (χ3n) is 2.67. The van der Waals surface area contributed by atoms with Gasteiger partial charge >= 0.3 is 0 Å². The minimum absolute atomic E-state index is 0.0823. The monoisotopic (exact) mass is 218 g/mol. The van der Waals surface area contributed by atoms with Crippen LogP contribution in [0.2, 0.25) is 0 Å². The van der Waals surface area contributed by atoms with Crippen LogP contribution < -0.4 is 4.90 Å². The van der Waals surface area contributed by atoms with E-state index < -0.39 is 0 Å². The Morgan fingerprint density at radius 2 is 2.25 bits per heavy atom. The number of rotatable bonds is 1. The molecular formula is C11H14N4O. The lowest BCUT2D eigenvalue weighted by Crippen LogP contribution is -2.53. The van der Waals surface area contributed by atoms with E-state index in [1.54, 1.807) is 6.20 Å². The molecule has 2 rings (SSSR count). The summed E-state index contributed by atoms with van der Waals surface area (Å²) in [4.78, 5) is 10.4. The number of hydrogen-bond donors (Lipinski definition) is 0. The van der Waals surface area contributed by atoms with Gasteiger partial charge in [0.2, 0.25) is 0 Å². The standard InChI is InChI=1S/C11H14N4O/c1-11(2)8-16-4-3-15(11)10-7-13-9(5-12)6-14-10/h6-7H,3-4,8H2,1-2H3. The highest BCUT2D eigenvalue weighted by molar-refractivity contribution is 5.41. The van der Waals surface area contributed by atoms with Crippen molar-refractivity contribution < 1.29 is 4.74 Å². The van der Waals surface area contributed by atoms with Crippen LogP contribution in [0.15, 0.2) is 12.4 Å². The molecule has 5 nitrogen and oxygen atoms in total. The van der Waals surface area contributed by atoms with Crippen LogP contribution in [-0.4, -0.2) is 35.3 Å². The van der Waals surface area contributed by atoms with Crippen molar-refractivity contribution in [3.05, 3.63) is 18.1 Å². The fourth-order valence-electron chi connectivity index (χ4n) is 1.80. The van der Waals surface area contributed by atoms with Crippen molar-refractivity contribution in [1.82, 2.24) is 9.97 Å². The van der Waals surface area contributed by atoms with Gasteiger partial charge in [0, 0.05) is 6.54 Å². The average Bonchev–Trinajstić information content (AvgIpc) is 2.29. The van der Waals surface area contributed by atoms with E-state index >= 15 is 0 Å². The molecule has 0 amide bonds. The molecule has 16 heavy (non-hydrogen) atoms. The van der Waals surface area contributed by atoms with E-state index in [9.17, 15) is 0 Å². The smallest absolute Gasteiger partial charge is 0.158 e. The second-order valence-corrected chi connectivity index (χ2v) is 4.39. The Morgan fingerprint density at radius 3 is 2.81 bits per heavy atom. The molecule has 0 spiro atoms. The van der Waals surface area contributed by atoms with Crippen molar-refractivity contribution in [1.29, 1.82) is 5.26 Å². The van der Waals surface area contributed by atoms with Gasteiger partial charge in [-0.3, -0.25) is 0 Å². The summed E-state index contributed by atoms with van der Waals surface area (Å²) in [5.41, 5.74) is 0.260. The Hall–Kier alpha value is -1.67. The third-order valence-corrected chi connectivity index (χ3v) is 2.67. The van der Waals surface area contributed by atoms with E-state index in [0.29, 0.717) is 18.9 Å². The zero-order valence-electron chi connectivity index (χ0n) is 9.47. The van der Waals surface area contributed by atoms with Crippen molar-refractivity contribution in [2.24, 2.45) is 0 Å². The fourth-order valence-corrected chi connectivity index (χ4v) is 1.80. The fraction of sp³-hybridized carbons (Fsp3) is 0.545. The number of nitrogens with zero attached hydrogens (tertiary/aromatic N) is 4. The number of nitriles is 1. The van der Waals surface area contributed by atoms with Gasteiger partial charge in [0.15, 0.2) is 5.69 Å². The molecule has 5 heteroatoms. The summed E-state index contributed by atoms with van der Waals surface area (Å²) in [7, 11) is 0. The van der Waals surface area contributed by atoms with E-state index in [1.165, 1.54) is 6.20 Å². The lowest BCUT2D eigenvalue weighted by molar-refractivity contribution is 0.0639. The molecule has 1 aromatic rings. The normalized spacial score (nSPS) is 19.2. The van der Waals surface area contributed by atoms with Crippen LogP contribution in [0.1, 0.15) is 19.5 Å². The van der Waals surface area contributed by atoms with Gasteiger partial charge in [-0.1, -0.05) is 0 Å². The van der Waals surface area contributed by atoms with Gasteiger partial charge in [-0.25, -0.2) is 9.97 Å². The first kappa shape index (κ1) is 10.8. The highest BCUT2D eigenvalue weighted by Gasteiger charge is 2.31. The summed E-state index contributed by atoms with van der Waals surface area (Å²) >= 11 is 0. The Kier molecular flexibility index (Phi) is 2.75. The van der Waals surface area contributed by atoms with Gasteiger partial charge in [-0.05, 0) is 13.8 Å². The molecule has 0 saturated carbocycles. The van der Waals surface area contributed by atoms with Crippen molar-refractivity contribution in [2.45, 2.75) is 19.4 Å². The second-order valence-electron chi connectivity index (χ2n) is 4.39. The van der Waals surface area contributed by atoms with Crippen LogP contribution in [0.4, 0.5) is 5.82 Å². The van der Waals surface area contributed by atoms with Crippen LogP contribution in [0.25, 0.3) is 0 Å². The molecule has 0 radical (unpaired) electrons. The Morgan fingerprint density at radius 1 is 1.44 bits per heavy atom. The Bertz CT molecular complexity index is 407. The van der Waals surface area contributed by atoms with Crippen LogP contribution in [-0.2, 0) is 4.74 Å². The molecular weight excluding hydrogens is 204 g/mol. The van der Waals surface area contributed by atoms with Crippen molar-refractivity contribution >= 4 is 5.82 Å². The van der Waals surface area contributed by atoms with Crippen LogP contribution in [0.3, 0.4) is 0 Å². The van der Waals surface area contributed by atoms with Gasteiger partial charge in [0.25, 0.3) is 0 Å². The quantitative estimate of drug-likeness (QED) is 0.702. The van der Waals surface area contributed by atoms with Gasteiger partial charge in [-0.2, -0.15) is 5.26 Å². The summed E-state index contributed by atoms with van der Waals surface area (Å²) in [6.07, 6.45) is 3.15. The van der Waals surface area contributed by atoms with Crippen molar-refractivity contribution in [2.75, 3.05) is 24.7 Å². The molecule has 84 valence electrons. The molecule has 1 aromatic heterocycles. The maximum atomic E-state index is 8.66. The predicted molar refractivity (Wildman–Crippen MR) is 59.0 cm³/mol. The van der Waals surface area contributed by atoms with Gasteiger partial charge < -0.3 is 9.64 Å². The van der Waals surface area contributed by atoms with Crippen LogP contribution >= 0.6 is 0 Å². The molecule has 2 heterocycles. The molecule has 1 fully saturated rings. The van der Waals surface area contributed by atoms with E-state index in [-0.39, 0.29) is 5.54 Å². The number of ether oxygens (including phenoxy) is 1. The molecule has 1 aliphatic rings. The minimum atomic E-state index is -0.0823. The van der Waals surface area contributed by atoms with Crippen molar-refractivity contribution in [3.63, 3.8) is 0 Å². The number of morpholine rings is 1. The highest BCUT2D eigenvalue weighted by atomic mass is 16.5. The Balaban J connectivity index is 2.25. The molecule has 0 atom stereocenters. The lowest BCUT2D eigenvalue weighted by Gasteiger charge is -2.42. The van der Waals surface area contributed by atoms with E-state index in [4.69, 9.17) is 10.00 Å². The first-order valence-electron chi connectivity index (χ1n) is 5.21. The summed E-state index contributed by atoms with van der Waals surface area (Å²) in [6.45, 7) is 6.38. The minimum Gasteiger partial charge on any atom is -0.377 e. The molecule has 0 bridgehead atoms. The topological polar surface area (TPSA) is 62.0 Å². The molecule has 0 aromatic carbocycles. The maximum Gasteiger partial charge on any atom is 0.158 e. The Labute approximate surface area is 94.7 Å². The number of anilines is 1. The van der Waals surface area contributed by atoms with Gasteiger partial charge in [0.05, 0.1) is 31.1 Å². The number of aromatic nitrogens is 2. The van der Waals surface area contributed by atoms with E-state index in [1.807, 2.05) is 6.07 Å². The zero-order chi connectivity index (χ0) is 11.6. The second kappa shape index (κ2) is 4.06. The molecule has 1 aliphatic heterocycles. The van der Waals surface area contributed by atoms with Crippen LogP contribution in [0.5, 0.6) is 0 Å². The average molecular weight is 218 g/mol. The number of hydrogen-bond acceptors (Lipinski definition) is 5. The molecule has 1 saturated heterocycles. The zero-order valence-corrected chi connectivity index (χ0v) is 9.47. The van der Waals surface area contributed by atoms with Gasteiger partial charge in [0.1, 0.15) is 11.9 Å². The van der Waals surface area contributed by atoms with E-state index in [0.717, 1.165) is 12.4 Å². The first-order chi connectivity index (χ1) is 7.63. The largest absolute Gasteiger partial charge is 0.377 e. The first-order valence-corrected chi connectivity index (χ1v) is 5.21. The summed E-state index contributed by atoms with van der Waals surface area (Å²) in [5, 5.41) is 8.66. The summed E-state index contributed by atoms with van der Waals surface area (Å²) in [5.74, 6) is 0.798. The van der Waals surface area contributed by atoms with Gasteiger partial charge in [-0.15, -0.1) is 0 Å².